The number of non-ortho nitro benzene ring substituents is 1. The predicted molar refractivity (Wildman–Crippen MR) is 76.4 cm³/mol. The molecule has 2 aliphatic rings. The first-order valence-corrected chi connectivity index (χ1v) is 6.98. The SMILES string of the molecule is O=[N+]([O-])c1ccc(N[C@@H]2CCN(C3CC3)C2)c([N+](=O)[O-])c1. The van der Waals surface area contributed by atoms with E-state index in [-0.39, 0.29) is 17.4 Å². The van der Waals surface area contributed by atoms with Crippen molar-refractivity contribution in [1.82, 2.24) is 4.90 Å². The van der Waals surface area contributed by atoms with E-state index in [0.717, 1.165) is 25.6 Å². The minimum atomic E-state index is -0.624. The van der Waals surface area contributed by atoms with Crippen molar-refractivity contribution >= 4 is 17.1 Å². The maximum absolute atomic E-state index is 11.1. The van der Waals surface area contributed by atoms with Gasteiger partial charge in [0, 0.05) is 31.2 Å². The second kappa shape index (κ2) is 5.28. The van der Waals surface area contributed by atoms with Gasteiger partial charge in [-0.1, -0.05) is 0 Å². The van der Waals surface area contributed by atoms with Gasteiger partial charge in [0.2, 0.25) is 0 Å². The van der Waals surface area contributed by atoms with E-state index in [4.69, 9.17) is 0 Å². The Bertz CT molecular complexity index is 588. The van der Waals surface area contributed by atoms with Crippen molar-refractivity contribution < 1.29 is 9.85 Å². The highest BCUT2D eigenvalue weighted by Gasteiger charge is 2.35. The van der Waals surface area contributed by atoms with Crippen LogP contribution in [0.1, 0.15) is 19.3 Å². The minimum absolute atomic E-state index is 0.158. The summed E-state index contributed by atoms with van der Waals surface area (Å²) in [6.45, 7) is 1.88. The van der Waals surface area contributed by atoms with Crippen LogP contribution in [0.2, 0.25) is 0 Å². The van der Waals surface area contributed by atoms with E-state index in [1.54, 1.807) is 0 Å². The fraction of sp³-hybridized carbons (Fsp3) is 0.538. The molecule has 112 valence electrons. The van der Waals surface area contributed by atoms with Crippen molar-refractivity contribution in [2.75, 3.05) is 18.4 Å². The molecule has 1 saturated heterocycles. The summed E-state index contributed by atoms with van der Waals surface area (Å²) in [6, 6.07) is 4.57. The highest BCUT2D eigenvalue weighted by atomic mass is 16.6. The van der Waals surface area contributed by atoms with E-state index in [1.807, 2.05) is 0 Å². The Morgan fingerprint density at radius 1 is 1.14 bits per heavy atom. The topological polar surface area (TPSA) is 102 Å². The molecule has 8 nitrogen and oxygen atoms in total. The van der Waals surface area contributed by atoms with Gasteiger partial charge in [0.05, 0.1) is 15.9 Å². The fourth-order valence-corrected chi connectivity index (χ4v) is 2.80. The number of benzene rings is 1. The number of nitro benzene ring substituents is 2. The van der Waals surface area contributed by atoms with E-state index in [9.17, 15) is 20.2 Å². The molecule has 3 rings (SSSR count). The molecular weight excluding hydrogens is 276 g/mol. The van der Waals surface area contributed by atoms with Crippen LogP contribution in [-0.2, 0) is 0 Å². The second-order valence-electron chi connectivity index (χ2n) is 5.57. The molecule has 0 aromatic heterocycles. The Kier molecular flexibility index (Phi) is 3.46. The van der Waals surface area contributed by atoms with Gasteiger partial charge in [-0.25, -0.2) is 0 Å². The Labute approximate surface area is 121 Å². The van der Waals surface area contributed by atoms with Gasteiger partial charge in [0.15, 0.2) is 0 Å². The summed E-state index contributed by atoms with van der Waals surface area (Å²) in [5.41, 5.74) is -0.152. The van der Waals surface area contributed by atoms with Gasteiger partial charge in [-0.15, -0.1) is 0 Å². The third-order valence-corrected chi connectivity index (χ3v) is 4.03. The molecule has 2 fully saturated rings. The van der Waals surface area contributed by atoms with Gasteiger partial charge in [0.25, 0.3) is 11.4 Å². The zero-order chi connectivity index (χ0) is 15.0. The van der Waals surface area contributed by atoms with Crippen LogP contribution in [0.5, 0.6) is 0 Å². The third kappa shape index (κ3) is 2.94. The Morgan fingerprint density at radius 2 is 1.90 bits per heavy atom. The largest absolute Gasteiger partial charge is 0.375 e. The summed E-state index contributed by atoms with van der Waals surface area (Å²) in [6.07, 6.45) is 3.42. The highest BCUT2D eigenvalue weighted by Crippen LogP contribution is 2.33. The molecule has 0 spiro atoms. The number of nitro groups is 2. The second-order valence-corrected chi connectivity index (χ2v) is 5.57. The van der Waals surface area contributed by atoms with Crippen molar-refractivity contribution in [3.8, 4) is 0 Å². The van der Waals surface area contributed by atoms with Gasteiger partial charge < -0.3 is 5.32 Å². The van der Waals surface area contributed by atoms with Crippen LogP contribution in [0.3, 0.4) is 0 Å². The number of nitrogens with zero attached hydrogens (tertiary/aromatic N) is 3. The van der Waals surface area contributed by atoms with E-state index < -0.39 is 9.85 Å². The summed E-state index contributed by atoms with van der Waals surface area (Å²) >= 11 is 0. The Morgan fingerprint density at radius 3 is 2.52 bits per heavy atom. The lowest BCUT2D eigenvalue weighted by Crippen LogP contribution is -2.27. The lowest BCUT2D eigenvalue weighted by Gasteiger charge is -2.16. The zero-order valence-corrected chi connectivity index (χ0v) is 11.4. The van der Waals surface area contributed by atoms with Gasteiger partial charge in [-0.2, -0.15) is 0 Å². The van der Waals surface area contributed by atoms with Crippen LogP contribution in [0.4, 0.5) is 17.1 Å². The molecule has 1 atom stereocenters. The van der Waals surface area contributed by atoms with Crippen molar-refractivity contribution in [2.24, 2.45) is 0 Å². The summed E-state index contributed by atoms with van der Waals surface area (Å²) in [7, 11) is 0. The number of rotatable bonds is 5. The number of hydrogen-bond donors (Lipinski definition) is 1. The average Bonchev–Trinajstić information content (AvgIpc) is 3.19. The number of nitrogens with one attached hydrogen (secondary N) is 1. The molecule has 1 aliphatic heterocycles. The summed E-state index contributed by atoms with van der Waals surface area (Å²) < 4.78 is 0. The zero-order valence-electron chi connectivity index (χ0n) is 11.4. The van der Waals surface area contributed by atoms with Crippen molar-refractivity contribution in [3.05, 3.63) is 38.4 Å². The van der Waals surface area contributed by atoms with Gasteiger partial charge in [-0.3, -0.25) is 25.1 Å². The highest BCUT2D eigenvalue weighted by molar-refractivity contribution is 5.65. The lowest BCUT2D eigenvalue weighted by molar-refractivity contribution is -0.393. The number of likely N-dealkylation sites (tertiary alicyclic amines) is 1. The van der Waals surface area contributed by atoms with Crippen LogP contribution in [0.25, 0.3) is 0 Å². The monoisotopic (exact) mass is 292 g/mol. The standard InChI is InChI=1S/C13H16N4O4/c18-16(19)11-3-4-12(13(7-11)17(20)21)14-9-5-6-15(8-9)10-1-2-10/h3-4,7,9-10,14H,1-2,5-6,8H2/t9-/m1/s1. The fourth-order valence-electron chi connectivity index (χ4n) is 2.80. The van der Waals surface area contributed by atoms with Gasteiger partial charge in [-0.05, 0) is 25.3 Å². The maximum Gasteiger partial charge on any atom is 0.299 e. The normalized spacial score (nSPS) is 22.2. The van der Waals surface area contributed by atoms with E-state index in [0.29, 0.717) is 11.7 Å². The van der Waals surface area contributed by atoms with Gasteiger partial charge >= 0.3 is 0 Å². The molecule has 0 radical (unpaired) electrons. The third-order valence-electron chi connectivity index (χ3n) is 4.03. The van der Waals surface area contributed by atoms with E-state index in [1.165, 1.54) is 25.0 Å². The van der Waals surface area contributed by atoms with Crippen LogP contribution in [-0.4, -0.2) is 39.9 Å². The Balaban J connectivity index is 1.75. The lowest BCUT2D eigenvalue weighted by atomic mass is 10.2. The molecule has 0 amide bonds. The first kappa shape index (κ1) is 13.7. The van der Waals surface area contributed by atoms with Crippen molar-refractivity contribution in [2.45, 2.75) is 31.3 Å². The summed E-state index contributed by atoms with van der Waals surface area (Å²) in [5.74, 6) is 0. The molecule has 1 aromatic carbocycles. The first-order valence-electron chi connectivity index (χ1n) is 6.98. The van der Waals surface area contributed by atoms with Crippen LogP contribution >= 0.6 is 0 Å². The maximum atomic E-state index is 11.1. The molecule has 0 bridgehead atoms. The number of hydrogen-bond acceptors (Lipinski definition) is 6. The molecule has 1 N–H and O–H groups in total. The summed E-state index contributed by atoms with van der Waals surface area (Å²) in [5, 5.41) is 25.0. The summed E-state index contributed by atoms with van der Waals surface area (Å²) in [4.78, 5) is 23.0. The molecular formula is C13H16N4O4. The van der Waals surface area contributed by atoms with E-state index in [2.05, 4.69) is 10.2 Å². The van der Waals surface area contributed by atoms with Crippen molar-refractivity contribution in [3.63, 3.8) is 0 Å². The van der Waals surface area contributed by atoms with Crippen molar-refractivity contribution in [1.29, 1.82) is 0 Å². The van der Waals surface area contributed by atoms with Crippen LogP contribution in [0, 0.1) is 20.2 Å². The quantitative estimate of drug-likeness (QED) is 0.659. The molecule has 1 heterocycles. The Hall–Kier alpha value is -2.22. The minimum Gasteiger partial charge on any atom is -0.375 e. The predicted octanol–water partition coefficient (Wildman–Crippen LogP) is 2.15. The molecule has 1 aromatic rings. The average molecular weight is 292 g/mol. The first-order chi connectivity index (χ1) is 10.0. The van der Waals surface area contributed by atoms with Gasteiger partial charge in [0.1, 0.15) is 5.69 Å². The molecule has 8 heteroatoms. The molecule has 1 saturated carbocycles. The molecule has 1 aliphatic carbocycles. The van der Waals surface area contributed by atoms with E-state index >= 15 is 0 Å². The van der Waals surface area contributed by atoms with Crippen LogP contribution < -0.4 is 5.32 Å². The number of anilines is 1. The van der Waals surface area contributed by atoms with Crippen LogP contribution in [0.15, 0.2) is 18.2 Å². The smallest absolute Gasteiger partial charge is 0.299 e. The molecule has 0 unspecified atom stereocenters. The molecule has 21 heavy (non-hydrogen) atoms.